The summed E-state index contributed by atoms with van der Waals surface area (Å²) in [6, 6.07) is 9.42. The number of nitrogens with zero attached hydrogens (tertiary/aromatic N) is 3. The Morgan fingerprint density at radius 2 is 1.86 bits per heavy atom. The number of nitrogens with one attached hydrogen (secondary N) is 3. The number of amides is 1. The van der Waals surface area contributed by atoms with Crippen molar-refractivity contribution in [1.82, 2.24) is 25.3 Å². The van der Waals surface area contributed by atoms with Crippen molar-refractivity contribution >= 4 is 11.7 Å². The van der Waals surface area contributed by atoms with Gasteiger partial charge in [0.1, 0.15) is 5.82 Å². The van der Waals surface area contributed by atoms with E-state index in [1.807, 2.05) is 6.20 Å². The Morgan fingerprint density at radius 3 is 2.57 bits per heavy atom. The van der Waals surface area contributed by atoms with Gasteiger partial charge in [-0.25, -0.2) is 4.68 Å². The molecule has 3 aliphatic rings. The molecule has 1 amide bonds. The van der Waals surface area contributed by atoms with E-state index in [0.29, 0.717) is 5.92 Å². The highest BCUT2D eigenvalue weighted by molar-refractivity contribution is 5.87. The number of rotatable bonds is 11. The van der Waals surface area contributed by atoms with Gasteiger partial charge < -0.3 is 25.6 Å². The number of aromatic nitrogens is 2. The average molecular weight is 607 g/mol. The molecule has 2 aromatic rings. The first kappa shape index (κ1) is 33.0. The third kappa shape index (κ3) is 7.68. The van der Waals surface area contributed by atoms with Crippen LogP contribution < -0.4 is 16.0 Å². The SMILES string of the molecule is CCNCCN(C)Cc1cccc(C2Nc3c(cnn3C(C)C)C(C(=O)NCC3CCOCC3)C23CCCCCCCC3)c1. The lowest BCUT2D eigenvalue weighted by molar-refractivity contribution is -0.127. The van der Waals surface area contributed by atoms with Gasteiger partial charge in [0.15, 0.2) is 0 Å². The minimum Gasteiger partial charge on any atom is -0.381 e. The van der Waals surface area contributed by atoms with Gasteiger partial charge in [-0.2, -0.15) is 5.10 Å². The molecule has 8 nitrogen and oxygen atoms in total. The normalized spacial score (nSPS) is 22.7. The van der Waals surface area contributed by atoms with E-state index in [4.69, 9.17) is 9.84 Å². The Hall–Kier alpha value is -2.42. The summed E-state index contributed by atoms with van der Waals surface area (Å²) in [5, 5.41) is 15.9. The molecular weight excluding hydrogens is 548 g/mol. The molecule has 1 saturated carbocycles. The first-order valence-corrected chi connectivity index (χ1v) is 17.6. The summed E-state index contributed by atoms with van der Waals surface area (Å²) in [5.74, 6) is 1.46. The highest BCUT2D eigenvalue weighted by Crippen LogP contribution is 2.59. The molecule has 1 saturated heterocycles. The van der Waals surface area contributed by atoms with Gasteiger partial charge in [-0.05, 0) is 70.2 Å². The van der Waals surface area contributed by atoms with Crippen LogP contribution in [0.2, 0.25) is 0 Å². The number of carbonyl (C=O) groups is 1. The first-order chi connectivity index (χ1) is 21.4. The Balaban J connectivity index is 1.53. The van der Waals surface area contributed by atoms with Crippen molar-refractivity contribution in [2.75, 3.05) is 51.8 Å². The van der Waals surface area contributed by atoms with Crippen molar-refractivity contribution in [3.63, 3.8) is 0 Å². The zero-order chi connectivity index (χ0) is 30.9. The zero-order valence-corrected chi connectivity index (χ0v) is 27.9. The number of benzene rings is 1. The summed E-state index contributed by atoms with van der Waals surface area (Å²) in [6.45, 7) is 12.7. The van der Waals surface area contributed by atoms with Crippen molar-refractivity contribution in [2.24, 2.45) is 11.3 Å². The summed E-state index contributed by atoms with van der Waals surface area (Å²) in [4.78, 5) is 17.0. The molecule has 1 aromatic carbocycles. The molecule has 2 unspecified atom stereocenters. The number of fused-ring (bicyclic) bond motifs is 1. The predicted octanol–water partition coefficient (Wildman–Crippen LogP) is 6.42. The third-order valence-electron chi connectivity index (χ3n) is 10.4. The van der Waals surface area contributed by atoms with Crippen LogP contribution in [-0.4, -0.2) is 67.0 Å². The quantitative estimate of drug-likeness (QED) is 0.256. The molecule has 2 aliphatic heterocycles. The zero-order valence-electron chi connectivity index (χ0n) is 27.9. The summed E-state index contributed by atoms with van der Waals surface area (Å²) in [7, 11) is 2.20. The molecule has 8 heteroatoms. The molecule has 3 N–H and O–H groups in total. The third-order valence-corrected chi connectivity index (χ3v) is 10.4. The van der Waals surface area contributed by atoms with Gasteiger partial charge in [-0.15, -0.1) is 0 Å². The van der Waals surface area contributed by atoms with E-state index in [-0.39, 0.29) is 29.3 Å². The fourth-order valence-corrected chi connectivity index (χ4v) is 8.03. The van der Waals surface area contributed by atoms with E-state index in [0.717, 1.165) is 95.8 Å². The van der Waals surface area contributed by atoms with Gasteiger partial charge in [0.25, 0.3) is 0 Å². The molecule has 244 valence electrons. The van der Waals surface area contributed by atoms with E-state index >= 15 is 0 Å². The smallest absolute Gasteiger partial charge is 0.228 e. The van der Waals surface area contributed by atoms with Crippen LogP contribution in [0.3, 0.4) is 0 Å². The van der Waals surface area contributed by atoms with Crippen LogP contribution in [0.25, 0.3) is 0 Å². The molecule has 1 aromatic heterocycles. The molecule has 1 spiro atoms. The second kappa shape index (κ2) is 15.7. The molecule has 1 aliphatic carbocycles. The molecule has 44 heavy (non-hydrogen) atoms. The predicted molar refractivity (Wildman–Crippen MR) is 179 cm³/mol. The number of hydrogen-bond donors (Lipinski definition) is 3. The second-order valence-corrected chi connectivity index (χ2v) is 14.0. The summed E-state index contributed by atoms with van der Waals surface area (Å²) < 4.78 is 7.70. The minimum atomic E-state index is -0.236. The molecule has 3 heterocycles. The van der Waals surface area contributed by atoms with Gasteiger partial charge >= 0.3 is 0 Å². The van der Waals surface area contributed by atoms with Crippen LogP contribution in [0.5, 0.6) is 0 Å². The van der Waals surface area contributed by atoms with Crippen LogP contribution in [-0.2, 0) is 16.1 Å². The van der Waals surface area contributed by atoms with Crippen LogP contribution in [0.1, 0.15) is 120 Å². The molecular formula is C36H58N6O2. The summed E-state index contributed by atoms with van der Waals surface area (Å²) in [5.41, 5.74) is 3.48. The van der Waals surface area contributed by atoms with E-state index in [2.05, 4.69) is 77.6 Å². The maximum atomic E-state index is 14.6. The molecule has 0 radical (unpaired) electrons. The van der Waals surface area contributed by atoms with Crippen molar-refractivity contribution in [3.8, 4) is 0 Å². The van der Waals surface area contributed by atoms with E-state index in [9.17, 15) is 4.79 Å². The molecule has 2 atom stereocenters. The maximum Gasteiger partial charge on any atom is 0.228 e. The van der Waals surface area contributed by atoms with Gasteiger partial charge in [0.2, 0.25) is 5.91 Å². The highest BCUT2D eigenvalue weighted by Gasteiger charge is 2.54. The van der Waals surface area contributed by atoms with Crippen molar-refractivity contribution in [2.45, 2.75) is 110 Å². The van der Waals surface area contributed by atoms with Crippen molar-refractivity contribution in [3.05, 3.63) is 47.2 Å². The Bertz CT molecular complexity index is 1180. The van der Waals surface area contributed by atoms with E-state index < -0.39 is 0 Å². The van der Waals surface area contributed by atoms with Gasteiger partial charge in [0, 0.05) is 56.4 Å². The van der Waals surface area contributed by atoms with Crippen molar-refractivity contribution < 1.29 is 9.53 Å². The van der Waals surface area contributed by atoms with Crippen LogP contribution >= 0.6 is 0 Å². The summed E-state index contributed by atoms with van der Waals surface area (Å²) in [6.07, 6.45) is 13.5. The first-order valence-electron chi connectivity index (χ1n) is 17.6. The number of likely N-dealkylation sites (N-methyl/N-ethyl adjacent to an activating group) is 2. The standard InChI is InChI=1S/C36H58N6O2/c1-5-37-19-20-41(4)26-29-13-12-14-30(23-29)33-36(17-10-8-6-7-9-11-18-36)32(31-25-39-42(27(2)3)34(31)40-33)35(43)38-24-28-15-21-44-22-16-28/h12-14,23,25,27-28,32-33,37,40H,5-11,15-22,24,26H2,1-4H3,(H,38,43). The Kier molecular flexibility index (Phi) is 11.8. The molecule has 5 rings (SSSR count). The summed E-state index contributed by atoms with van der Waals surface area (Å²) >= 11 is 0. The highest BCUT2D eigenvalue weighted by atomic mass is 16.5. The fourth-order valence-electron chi connectivity index (χ4n) is 8.03. The number of anilines is 1. The van der Waals surface area contributed by atoms with Crippen molar-refractivity contribution in [1.29, 1.82) is 0 Å². The molecule has 0 bridgehead atoms. The van der Waals surface area contributed by atoms with E-state index in [1.165, 1.54) is 36.8 Å². The van der Waals surface area contributed by atoms with Crippen LogP contribution in [0.4, 0.5) is 5.82 Å². The fraction of sp³-hybridized carbons (Fsp3) is 0.722. The Labute approximate surface area is 266 Å². The van der Waals surface area contributed by atoms with Gasteiger partial charge in [-0.1, -0.05) is 69.7 Å². The van der Waals surface area contributed by atoms with Gasteiger partial charge in [-0.3, -0.25) is 4.79 Å². The largest absolute Gasteiger partial charge is 0.381 e. The topological polar surface area (TPSA) is 83.5 Å². The lowest BCUT2D eigenvalue weighted by Gasteiger charge is -2.50. The Morgan fingerprint density at radius 1 is 1.14 bits per heavy atom. The minimum absolute atomic E-state index is 0.0353. The lowest BCUT2D eigenvalue weighted by Crippen LogP contribution is -2.50. The number of hydrogen-bond acceptors (Lipinski definition) is 6. The van der Waals surface area contributed by atoms with Crippen LogP contribution in [0.15, 0.2) is 30.5 Å². The van der Waals surface area contributed by atoms with Crippen LogP contribution in [0, 0.1) is 11.3 Å². The molecule has 2 fully saturated rings. The monoisotopic (exact) mass is 606 g/mol. The second-order valence-electron chi connectivity index (χ2n) is 14.0. The van der Waals surface area contributed by atoms with E-state index in [1.54, 1.807) is 0 Å². The number of carbonyl (C=O) groups excluding carboxylic acids is 1. The van der Waals surface area contributed by atoms with Gasteiger partial charge in [0.05, 0.1) is 18.2 Å². The average Bonchev–Trinajstić information content (AvgIpc) is 3.49. The maximum absolute atomic E-state index is 14.6. The number of ether oxygens (including phenoxy) is 1. The lowest BCUT2D eigenvalue weighted by atomic mass is 9.59.